The molecule has 0 aromatic heterocycles. The molecule has 0 bridgehead atoms. The lowest BCUT2D eigenvalue weighted by molar-refractivity contribution is -0.385. The van der Waals surface area contributed by atoms with E-state index in [4.69, 9.17) is 4.74 Å². The summed E-state index contributed by atoms with van der Waals surface area (Å²) in [4.78, 5) is 37.8. The Morgan fingerprint density at radius 1 is 0.976 bits per heavy atom. The van der Waals surface area contributed by atoms with E-state index in [2.05, 4.69) is 31.9 Å². The Balaban J connectivity index is 1.40. The van der Waals surface area contributed by atoms with Gasteiger partial charge in [-0.3, -0.25) is 24.6 Å². The van der Waals surface area contributed by atoms with Gasteiger partial charge in [-0.15, -0.1) is 0 Å². The number of nitrogens with zero attached hydrogens (tertiary/aromatic N) is 2. The molecule has 5 rings (SSSR count). The number of amides is 2. The molecule has 1 aliphatic rings. The van der Waals surface area contributed by atoms with Crippen molar-refractivity contribution in [1.29, 1.82) is 0 Å². The van der Waals surface area contributed by atoms with Gasteiger partial charge in [-0.1, -0.05) is 42.5 Å². The molecular formula is C28H15Br2F3N2O5S. The highest BCUT2D eigenvalue weighted by Crippen LogP contribution is 2.43. The fourth-order valence-corrected chi connectivity index (χ4v) is 6.40. The zero-order chi connectivity index (χ0) is 29.5. The van der Waals surface area contributed by atoms with Crippen LogP contribution in [0.2, 0.25) is 0 Å². The maximum absolute atomic E-state index is 13.2. The van der Waals surface area contributed by atoms with Crippen LogP contribution in [0.5, 0.6) is 11.5 Å². The minimum atomic E-state index is -4.76. The zero-order valence-corrected chi connectivity index (χ0v) is 24.4. The van der Waals surface area contributed by atoms with E-state index in [0.29, 0.717) is 26.6 Å². The predicted octanol–water partition coefficient (Wildman–Crippen LogP) is 9.32. The maximum atomic E-state index is 13.2. The molecule has 2 amide bonds. The van der Waals surface area contributed by atoms with E-state index in [9.17, 15) is 32.9 Å². The number of thioether (sulfide) groups is 1. The number of hydrogen-bond acceptors (Lipinski definition) is 6. The van der Waals surface area contributed by atoms with E-state index in [1.807, 2.05) is 42.5 Å². The second-order valence-corrected chi connectivity index (χ2v) is 11.5. The van der Waals surface area contributed by atoms with Crippen molar-refractivity contribution in [2.24, 2.45) is 0 Å². The molecule has 1 fully saturated rings. The number of hydrogen-bond donors (Lipinski definition) is 0. The Bertz CT molecular complexity index is 1750. The van der Waals surface area contributed by atoms with Crippen LogP contribution in [0.25, 0.3) is 16.8 Å². The minimum absolute atomic E-state index is 0.0640. The van der Waals surface area contributed by atoms with Gasteiger partial charge >= 0.3 is 11.9 Å². The van der Waals surface area contributed by atoms with Crippen LogP contribution in [0.15, 0.2) is 86.6 Å². The van der Waals surface area contributed by atoms with Crippen LogP contribution < -0.4 is 4.74 Å². The van der Waals surface area contributed by atoms with E-state index in [1.54, 1.807) is 12.1 Å². The summed E-state index contributed by atoms with van der Waals surface area (Å²) >= 11 is 7.43. The van der Waals surface area contributed by atoms with Gasteiger partial charge in [-0.2, -0.15) is 13.2 Å². The van der Waals surface area contributed by atoms with Crippen molar-refractivity contribution in [3.05, 3.63) is 113 Å². The Morgan fingerprint density at radius 2 is 1.66 bits per heavy atom. The fraction of sp³-hybridized carbons (Fsp3) is 0.0714. The van der Waals surface area contributed by atoms with Gasteiger partial charge in [0.15, 0.2) is 5.75 Å². The van der Waals surface area contributed by atoms with Crippen LogP contribution in [0.4, 0.5) is 23.7 Å². The van der Waals surface area contributed by atoms with Gasteiger partial charge in [0.05, 0.1) is 30.9 Å². The van der Waals surface area contributed by atoms with Crippen molar-refractivity contribution in [2.75, 3.05) is 0 Å². The molecule has 4 aromatic rings. The molecule has 7 nitrogen and oxygen atoms in total. The van der Waals surface area contributed by atoms with E-state index in [0.717, 1.165) is 34.2 Å². The largest absolute Gasteiger partial charge is 0.448 e. The monoisotopic (exact) mass is 706 g/mol. The van der Waals surface area contributed by atoms with Gasteiger partial charge in [0.1, 0.15) is 0 Å². The molecule has 0 radical (unpaired) electrons. The van der Waals surface area contributed by atoms with Crippen LogP contribution >= 0.6 is 43.6 Å². The highest BCUT2D eigenvalue weighted by atomic mass is 79.9. The Labute approximate surface area is 251 Å². The number of fused-ring (bicyclic) bond motifs is 1. The summed E-state index contributed by atoms with van der Waals surface area (Å²) in [5, 5.41) is 12.9. The van der Waals surface area contributed by atoms with Gasteiger partial charge in [0.25, 0.3) is 11.1 Å². The topological polar surface area (TPSA) is 89.7 Å². The lowest BCUT2D eigenvalue weighted by Gasteiger charge is -2.14. The SMILES string of the molecule is O=C1S/C(=C\c2cc(Br)c(Oc3ccc(C(F)(F)F)cc3[N+](=O)[O-])c(Br)c2)C(=O)N1Cc1cccc2ccccc12. The number of imide groups is 1. The first-order valence-corrected chi connectivity index (χ1v) is 14.1. The highest BCUT2D eigenvalue weighted by Gasteiger charge is 2.36. The number of benzene rings is 4. The third-order valence-electron chi connectivity index (χ3n) is 6.10. The van der Waals surface area contributed by atoms with Gasteiger partial charge in [-0.25, -0.2) is 0 Å². The van der Waals surface area contributed by atoms with Crippen molar-refractivity contribution < 1.29 is 32.4 Å². The third-order valence-corrected chi connectivity index (χ3v) is 8.18. The molecule has 0 aliphatic carbocycles. The smallest absolute Gasteiger partial charge is 0.416 e. The molecule has 0 atom stereocenters. The lowest BCUT2D eigenvalue weighted by Crippen LogP contribution is -2.27. The molecule has 13 heteroatoms. The average Bonchev–Trinajstić information content (AvgIpc) is 3.17. The van der Waals surface area contributed by atoms with Crippen molar-refractivity contribution >= 4 is 77.3 Å². The first kappa shape index (κ1) is 28.8. The number of nitro groups is 1. The molecule has 208 valence electrons. The predicted molar refractivity (Wildman–Crippen MR) is 155 cm³/mol. The van der Waals surface area contributed by atoms with Crippen LogP contribution in [0, 0.1) is 10.1 Å². The number of alkyl halides is 3. The number of nitro benzene ring substituents is 1. The molecule has 1 heterocycles. The van der Waals surface area contributed by atoms with Gasteiger partial charge in [-0.05, 0) is 95.9 Å². The summed E-state index contributed by atoms with van der Waals surface area (Å²) in [6, 6.07) is 18.4. The molecule has 41 heavy (non-hydrogen) atoms. The standard InChI is InChI=1S/C28H15Br2F3N2O5S/c29-20-10-15(11-21(30)25(20)40-23-9-8-18(28(31,32)33)13-22(23)35(38)39)12-24-26(36)34(27(37)41-24)14-17-6-3-5-16-4-1-2-7-19(16)17/h1-13H,14H2/b24-12-. The first-order chi connectivity index (χ1) is 19.4. The third kappa shape index (κ3) is 6.02. The quantitative estimate of drug-likeness (QED) is 0.113. The normalized spacial score (nSPS) is 14.8. The van der Waals surface area contributed by atoms with Crippen molar-refractivity contribution in [3.63, 3.8) is 0 Å². The minimum Gasteiger partial charge on any atom is -0.448 e. The van der Waals surface area contributed by atoms with E-state index in [-0.39, 0.29) is 17.2 Å². The first-order valence-electron chi connectivity index (χ1n) is 11.7. The summed E-state index contributed by atoms with van der Waals surface area (Å²) in [5.74, 6) is -0.790. The molecule has 0 unspecified atom stereocenters. The molecule has 0 saturated carbocycles. The number of halogens is 5. The Kier molecular flexibility index (Phi) is 7.95. The van der Waals surface area contributed by atoms with Crippen LogP contribution in [-0.4, -0.2) is 21.0 Å². The van der Waals surface area contributed by atoms with Crippen LogP contribution in [0.1, 0.15) is 16.7 Å². The summed E-state index contributed by atoms with van der Waals surface area (Å²) in [6.07, 6.45) is -3.24. The van der Waals surface area contributed by atoms with Gasteiger partial charge < -0.3 is 4.74 Å². The number of carbonyl (C=O) groups is 2. The average molecular weight is 708 g/mol. The Morgan fingerprint density at radius 3 is 2.34 bits per heavy atom. The van der Waals surface area contributed by atoms with Crippen molar-refractivity contribution in [2.45, 2.75) is 12.7 Å². The maximum Gasteiger partial charge on any atom is 0.416 e. The summed E-state index contributed by atoms with van der Waals surface area (Å²) in [7, 11) is 0. The lowest BCUT2D eigenvalue weighted by atomic mass is 10.0. The second kappa shape index (κ2) is 11.3. The molecule has 1 saturated heterocycles. The van der Waals surface area contributed by atoms with E-state index < -0.39 is 39.2 Å². The zero-order valence-electron chi connectivity index (χ0n) is 20.4. The van der Waals surface area contributed by atoms with Crippen LogP contribution in [-0.2, 0) is 17.5 Å². The molecule has 0 N–H and O–H groups in total. The highest BCUT2D eigenvalue weighted by molar-refractivity contribution is 9.11. The molecule has 4 aromatic carbocycles. The van der Waals surface area contributed by atoms with Gasteiger partial charge in [0.2, 0.25) is 5.75 Å². The number of ether oxygens (including phenoxy) is 1. The molecule has 1 aliphatic heterocycles. The number of carbonyl (C=O) groups excluding carboxylic acids is 2. The van der Waals surface area contributed by atoms with E-state index >= 15 is 0 Å². The Hall–Kier alpha value is -3.68. The van der Waals surface area contributed by atoms with Gasteiger partial charge in [0, 0.05) is 6.07 Å². The summed E-state index contributed by atoms with van der Waals surface area (Å²) in [5.41, 5.74) is -0.716. The summed E-state index contributed by atoms with van der Waals surface area (Å²) < 4.78 is 45.3. The van der Waals surface area contributed by atoms with Crippen molar-refractivity contribution in [1.82, 2.24) is 4.90 Å². The fourth-order valence-electron chi connectivity index (χ4n) is 4.18. The van der Waals surface area contributed by atoms with Crippen molar-refractivity contribution in [3.8, 4) is 11.5 Å². The second-order valence-electron chi connectivity index (χ2n) is 8.76. The summed E-state index contributed by atoms with van der Waals surface area (Å²) in [6.45, 7) is 0.107. The number of rotatable bonds is 6. The van der Waals surface area contributed by atoms with E-state index in [1.165, 1.54) is 11.0 Å². The van der Waals surface area contributed by atoms with Crippen LogP contribution in [0.3, 0.4) is 0 Å². The molecular weight excluding hydrogens is 693 g/mol. The molecule has 0 spiro atoms.